The van der Waals surface area contributed by atoms with Crippen LogP contribution in [0.2, 0.25) is 5.02 Å². The fourth-order valence-electron chi connectivity index (χ4n) is 2.84. The molecule has 2 aromatic carbocycles. The van der Waals surface area contributed by atoms with E-state index < -0.39 is 47.3 Å². The number of aromatic nitrogens is 2. The summed E-state index contributed by atoms with van der Waals surface area (Å²) in [6.45, 7) is -0.534. The molecule has 1 heterocycles. The highest BCUT2D eigenvalue weighted by atomic mass is 35.5. The summed E-state index contributed by atoms with van der Waals surface area (Å²) in [4.78, 5) is 25.6. The molecule has 1 N–H and O–H groups in total. The molecule has 1 aromatic heterocycles. The zero-order valence-electron chi connectivity index (χ0n) is 16.0. The molecule has 0 spiro atoms. The summed E-state index contributed by atoms with van der Waals surface area (Å²) in [5.74, 6) is -2.69. The SMILES string of the molecule is CN(CC(=O)Nc1cccc(Cl)c1)C(=O)c1cnn(-c2ccccc2F)c1C(F)(F)F. The van der Waals surface area contributed by atoms with Crippen LogP contribution in [-0.4, -0.2) is 40.1 Å². The van der Waals surface area contributed by atoms with Gasteiger partial charge < -0.3 is 10.2 Å². The third-order valence-electron chi connectivity index (χ3n) is 4.18. The van der Waals surface area contributed by atoms with Gasteiger partial charge in [0.2, 0.25) is 5.91 Å². The van der Waals surface area contributed by atoms with Crippen molar-refractivity contribution >= 4 is 29.1 Å². The van der Waals surface area contributed by atoms with Gasteiger partial charge in [-0.25, -0.2) is 9.07 Å². The number of nitrogens with zero attached hydrogens (tertiary/aromatic N) is 3. The molecule has 2 amide bonds. The van der Waals surface area contributed by atoms with E-state index in [-0.39, 0.29) is 0 Å². The lowest BCUT2D eigenvalue weighted by molar-refractivity contribution is -0.143. The van der Waals surface area contributed by atoms with Crippen LogP contribution in [0.25, 0.3) is 5.69 Å². The molecule has 162 valence electrons. The van der Waals surface area contributed by atoms with Crippen LogP contribution in [0, 0.1) is 5.82 Å². The zero-order valence-corrected chi connectivity index (χ0v) is 16.7. The van der Waals surface area contributed by atoms with Crippen molar-refractivity contribution in [3.8, 4) is 5.69 Å². The molecule has 0 saturated heterocycles. The van der Waals surface area contributed by atoms with Crippen molar-refractivity contribution in [3.05, 3.63) is 76.8 Å². The summed E-state index contributed by atoms with van der Waals surface area (Å²) in [6, 6.07) is 11.0. The number of para-hydroxylation sites is 1. The molecule has 31 heavy (non-hydrogen) atoms. The summed E-state index contributed by atoms with van der Waals surface area (Å²) < 4.78 is 55.5. The molecule has 11 heteroatoms. The topological polar surface area (TPSA) is 67.2 Å². The third-order valence-corrected chi connectivity index (χ3v) is 4.42. The van der Waals surface area contributed by atoms with E-state index in [4.69, 9.17) is 11.6 Å². The van der Waals surface area contributed by atoms with Crippen molar-refractivity contribution in [3.63, 3.8) is 0 Å². The van der Waals surface area contributed by atoms with Gasteiger partial charge in [-0.3, -0.25) is 9.59 Å². The van der Waals surface area contributed by atoms with Crippen LogP contribution in [0.1, 0.15) is 16.1 Å². The van der Waals surface area contributed by atoms with Crippen LogP contribution < -0.4 is 5.32 Å². The number of rotatable bonds is 5. The Balaban J connectivity index is 1.85. The second kappa shape index (κ2) is 8.76. The molecule has 0 bridgehead atoms. The maximum absolute atomic E-state index is 14.0. The summed E-state index contributed by atoms with van der Waals surface area (Å²) in [6.07, 6.45) is -4.31. The molecule has 3 rings (SSSR count). The van der Waals surface area contributed by atoms with Gasteiger partial charge in [0.25, 0.3) is 5.91 Å². The Kier molecular flexibility index (Phi) is 6.30. The summed E-state index contributed by atoms with van der Waals surface area (Å²) in [7, 11) is 1.17. The molecule has 0 aliphatic rings. The summed E-state index contributed by atoms with van der Waals surface area (Å²) >= 11 is 5.83. The summed E-state index contributed by atoms with van der Waals surface area (Å²) in [5, 5.41) is 6.43. The quantitative estimate of drug-likeness (QED) is 0.581. The van der Waals surface area contributed by atoms with E-state index in [2.05, 4.69) is 10.4 Å². The third kappa shape index (κ3) is 5.02. The van der Waals surface area contributed by atoms with Gasteiger partial charge in [0.15, 0.2) is 5.69 Å². The number of anilines is 1. The minimum atomic E-state index is -5.01. The predicted octanol–water partition coefficient (Wildman–Crippen LogP) is 4.39. The first-order valence-corrected chi connectivity index (χ1v) is 9.16. The maximum Gasteiger partial charge on any atom is 0.434 e. The average molecular weight is 455 g/mol. The van der Waals surface area contributed by atoms with Gasteiger partial charge in [0.05, 0.1) is 18.3 Å². The van der Waals surface area contributed by atoms with Crippen molar-refractivity contribution < 1.29 is 27.2 Å². The van der Waals surface area contributed by atoms with Gasteiger partial charge in [-0.2, -0.15) is 18.3 Å². The van der Waals surface area contributed by atoms with E-state index in [0.717, 1.165) is 17.0 Å². The van der Waals surface area contributed by atoms with Gasteiger partial charge >= 0.3 is 6.18 Å². The number of hydrogen-bond donors (Lipinski definition) is 1. The van der Waals surface area contributed by atoms with E-state index in [1.807, 2.05) is 0 Å². The monoisotopic (exact) mass is 454 g/mol. The Morgan fingerprint density at radius 3 is 2.52 bits per heavy atom. The van der Waals surface area contributed by atoms with Gasteiger partial charge in [-0.15, -0.1) is 0 Å². The zero-order chi connectivity index (χ0) is 22.8. The standard InChI is InChI=1S/C20H15ClF4N4O2/c1-28(11-17(30)27-13-6-4-5-12(21)9-13)19(31)14-10-26-29(18(14)20(23,24)25)16-8-3-2-7-15(16)22/h2-10H,11H2,1H3,(H,27,30). The van der Waals surface area contributed by atoms with E-state index in [1.54, 1.807) is 18.2 Å². The molecule has 0 fully saturated rings. The fourth-order valence-corrected chi connectivity index (χ4v) is 3.03. The van der Waals surface area contributed by atoms with Crippen molar-refractivity contribution in [1.82, 2.24) is 14.7 Å². The highest BCUT2D eigenvalue weighted by Gasteiger charge is 2.41. The van der Waals surface area contributed by atoms with Crippen molar-refractivity contribution in [2.45, 2.75) is 6.18 Å². The first-order chi connectivity index (χ1) is 14.6. The van der Waals surface area contributed by atoms with E-state index in [0.29, 0.717) is 21.6 Å². The minimum absolute atomic E-state index is 0.322. The van der Waals surface area contributed by atoms with Crippen molar-refractivity contribution in [2.24, 2.45) is 0 Å². The smallest absolute Gasteiger partial charge is 0.332 e. The van der Waals surface area contributed by atoms with E-state index in [9.17, 15) is 27.2 Å². The number of benzene rings is 2. The number of carbonyl (C=O) groups is 2. The molecule has 0 atom stereocenters. The first-order valence-electron chi connectivity index (χ1n) is 8.79. The molecule has 0 aliphatic heterocycles. The Morgan fingerprint density at radius 2 is 1.87 bits per heavy atom. The van der Waals surface area contributed by atoms with Crippen molar-refractivity contribution in [2.75, 3.05) is 18.9 Å². The average Bonchev–Trinajstić information content (AvgIpc) is 3.13. The second-order valence-electron chi connectivity index (χ2n) is 6.49. The Bertz CT molecular complexity index is 1130. The van der Waals surface area contributed by atoms with Gasteiger partial charge in [0, 0.05) is 17.8 Å². The van der Waals surface area contributed by atoms with Gasteiger partial charge in [-0.1, -0.05) is 29.8 Å². The Hall–Kier alpha value is -3.40. The number of nitrogens with one attached hydrogen (secondary N) is 1. The molecule has 3 aromatic rings. The molecular formula is C20H15ClF4N4O2. The largest absolute Gasteiger partial charge is 0.434 e. The normalized spacial score (nSPS) is 11.3. The minimum Gasteiger partial charge on any atom is -0.332 e. The number of hydrogen-bond acceptors (Lipinski definition) is 3. The molecular weight excluding hydrogens is 440 g/mol. The second-order valence-corrected chi connectivity index (χ2v) is 6.92. The lowest BCUT2D eigenvalue weighted by atomic mass is 10.2. The molecule has 6 nitrogen and oxygen atoms in total. The molecule has 0 aliphatic carbocycles. The maximum atomic E-state index is 14.0. The fraction of sp³-hybridized carbons (Fsp3) is 0.150. The van der Waals surface area contributed by atoms with Crippen LogP contribution in [0.4, 0.5) is 23.2 Å². The van der Waals surface area contributed by atoms with Gasteiger partial charge in [0.1, 0.15) is 11.5 Å². The number of alkyl halides is 3. The van der Waals surface area contributed by atoms with Crippen LogP contribution in [0.3, 0.4) is 0 Å². The number of halogens is 5. The first kappa shape index (κ1) is 22.3. The predicted molar refractivity (Wildman–Crippen MR) is 106 cm³/mol. The number of carbonyl (C=O) groups excluding carboxylic acids is 2. The van der Waals surface area contributed by atoms with Gasteiger partial charge in [-0.05, 0) is 30.3 Å². The number of amides is 2. The Labute approximate surface area is 179 Å². The lowest BCUT2D eigenvalue weighted by Crippen LogP contribution is -2.35. The van der Waals surface area contributed by atoms with E-state index in [1.165, 1.54) is 25.2 Å². The molecule has 0 saturated carbocycles. The highest BCUT2D eigenvalue weighted by Crippen LogP contribution is 2.34. The molecule has 0 unspecified atom stereocenters. The summed E-state index contributed by atoms with van der Waals surface area (Å²) in [5.41, 5.74) is -2.35. The van der Waals surface area contributed by atoms with E-state index >= 15 is 0 Å². The number of likely N-dealkylation sites (N-methyl/N-ethyl adjacent to an activating group) is 1. The van der Waals surface area contributed by atoms with Crippen LogP contribution in [0.5, 0.6) is 0 Å². The lowest BCUT2D eigenvalue weighted by Gasteiger charge is -2.18. The molecule has 0 radical (unpaired) electrons. The van der Waals surface area contributed by atoms with Crippen LogP contribution in [0.15, 0.2) is 54.7 Å². The Morgan fingerprint density at radius 1 is 1.16 bits per heavy atom. The van der Waals surface area contributed by atoms with Crippen LogP contribution >= 0.6 is 11.6 Å². The highest BCUT2D eigenvalue weighted by molar-refractivity contribution is 6.30. The van der Waals surface area contributed by atoms with Crippen molar-refractivity contribution in [1.29, 1.82) is 0 Å². The van der Waals surface area contributed by atoms with Crippen LogP contribution in [-0.2, 0) is 11.0 Å².